The number of hydrogen-bond donors (Lipinski definition) is 1. The molecule has 9 heteroatoms. The van der Waals surface area contributed by atoms with Gasteiger partial charge in [-0.05, 0) is 35.7 Å². The minimum absolute atomic E-state index is 0.0673. The molecule has 0 bridgehead atoms. The van der Waals surface area contributed by atoms with Crippen LogP contribution in [0.5, 0.6) is 0 Å². The Bertz CT molecular complexity index is 1380. The first-order valence-corrected chi connectivity index (χ1v) is 11.0. The molecule has 2 aromatic heterocycles. The second-order valence-electron chi connectivity index (χ2n) is 6.49. The second kappa shape index (κ2) is 7.02. The fourth-order valence-corrected chi connectivity index (χ4v) is 5.22. The van der Waals surface area contributed by atoms with E-state index in [9.17, 15) is 18.0 Å². The van der Waals surface area contributed by atoms with Crippen molar-refractivity contribution in [3.63, 3.8) is 0 Å². The first-order valence-electron chi connectivity index (χ1n) is 8.65. The number of amides is 1. The number of benzene rings is 2. The molecule has 148 valence electrons. The van der Waals surface area contributed by atoms with Crippen molar-refractivity contribution in [1.29, 1.82) is 0 Å². The predicted octanol–water partition coefficient (Wildman–Crippen LogP) is 3.02. The average Bonchev–Trinajstić information content (AvgIpc) is 3.33. The Labute approximate surface area is 170 Å². The maximum absolute atomic E-state index is 13.3. The molecule has 0 aliphatic rings. The van der Waals surface area contributed by atoms with Crippen LogP contribution in [0.15, 0.2) is 74.6 Å². The minimum atomic E-state index is -3.93. The van der Waals surface area contributed by atoms with Gasteiger partial charge in [-0.2, -0.15) is 0 Å². The number of aromatic nitrogens is 2. The number of sulfone groups is 1. The van der Waals surface area contributed by atoms with Gasteiger partial charge >= 0.3 is 5.69 Å². The van der Waals surface area contributed by atoms with E-state index >= 15 is 0 Å². The van der Waals surface area contributed by atoms with Crippen molar-refractivity contribution in [2.75, 3.05) is 5.32 Å². The van der Waals surface area contributed by atoms with E-state index in [1.54, 1.807) is 49.8 Å². The third-order valence-corrected chi connectivity index (χ3v) is 7.39. The highest BCUT2D eigenvalue weighted by Gasteiger charge is 2.25. The Morgan fingerprint density at radius 2 is 1.62 bits per heavy atom. The van der Waals surface area contributed by atoms with Gasteiger partial charge in [-0.15, -0.1) is 11.3 Å². The molecule has 0 spiro atoms. The fourth-order valence-electron chi connectivity index (χ4n) is 3.16. The molecular weight excluding hydrogens is 410 g/mol. The highest BCUT2D eigenvalue weighted by atomic mass is 32.2. The number of nitrogens with one attached hydrogen (secondary N) is 1. The number of fused-ring (bicyclic) bond motifs is 1. The van der Waals surface area contributed by atoms with Crippen molar-refractivity contribution < 1.29 is 13.2 Å². The first kappa shape index (κ1) is 19.2. The molecule has 1 N–H and O–H groups in total. The Balaban J connectivity index is 1.97. The summed E-state index contributed by atoms with van der Waals surface area (Å²) >= 11 is 1.25. The minimum Gasteiger partial charge on any atom is -0.320 e. The summed E-state index contributed by atoms with van der Waals surface area (Å²) in [5, 5.41) is 4.47. The maximum atomic E-state index is 13.3. The summed E-state index contributed by atoms with van der Waals surface area (Å²) in [4.78, 5) is 25.4. The van der Waals surface area contributed by atoms with E-state index in [1.165, 1.54) is 44.7 Å². The molecule has 1 amide bonds. The number of hydrogen-bond acceptors (Lipinski definition) is 5. The summed E-state index contributed by atoms with van der Waals surface area (Å²) in [6.45, 7) is 0. The number of carbonyl (C=O) groups excluding carboxylic acids is 1. The van der Waals surface area contributed by atoms with E-state index in [0.717, 1.165) is 0 Å². The van der Waals surface area contributed by atoms with E-state index in [1.807, 2.05) is 0 Å². The molecular formula is C20H17N3O4S2. The van der Waals surface area contributed by atoms with Crippen LogP contribution in [0, 0.1) is 0 Å². The molecule has 7 nitrogen and oxygen atoms in total. The quantitative estimate of drug-likeness (QED) is 0.542. The van der Waals surface area contributed by atoms with Gasteiger partial charge in [-0.3, -0.25) is 13.9 Å². The summed E-state index contributed by atoms with van der Waals surface area (Å²) in [5.41, 5.74) is 0.817. The normalized spacial score (nSPS) is 11.7. The molecule has 0 saturated heterocycles. The summed E-state index contributed by atoms with van der Waals surface area (Å²) in [5.74, 6) is -0.412. The van der Waals surface area contributed by atoms with Gasteiger partial charge in [-0.25, -0.2) is 13.2 Å². The van der Waals surface area contributed by atoms with Crippen molar-refractivity contribution in [3.05, 3.63) is 75.3 Å². The monoisotopic (exact) mass is 427 g/mol. The van der Waals surface area contributed by atoms with Crippen LogP contribution in [0.3, 0.4) is 0 Å². The zero-order valence-electron chi connectivity index (χ0n) is 15.6. The summed E-state index contributed by atoms with van der Waals surface area (Å²) in [6, 6.07) is 14.3. The van der Waals surface area contributed by atoms with Crippen molar-refractivity contribution in [2.24, 2.45) is 14.1 Å². The van der Waals surface area contributed by atoms with Crippen molar-refractivity contribution in [1.82, 2.24) is 9.13 Å². The highest BCUT2D eigenvalue weighted by molar-refractivity contribution is 7.91. The van der Waals surface area contributed by atoms with Crippen LogP contribution in [0.4, 0.5) is 5.69 Å². The molecule has 0 unspecified atom stereocenters. The standard InChI is InChI=1S/C20H17N3O4S2/c1-22-15-11-14(21-19(24)17-9-6-10-28-17)18(12-16(15)23(2)20(22)25)29(26,27)13-7-4-3-5-8-13/h3-12H,1-2H3,(H,21,24). The Kier molecular flexibility index (Phi) is 4.64. The molecule has 0 radical (unpaired) electrons. The number of aryl methyl sites for hydroxylation is 2. The maximum Gasteiger partial charge on any atom is 0.328 e. The van der Waals surface area contributed by atoms with Gasteiger partial charge in [0.2, 0.25) is 9.84 Å². The number of imidazole rings is 1. The van der Waals surface area contributed by atoms with Gasteiger partial charge < -0.3 is 5.32 Å². The van der Waals surface area contributed by atoms with E-state index in [0.29, 0.717) is 15.9 Å². The Morgan fingerprint density at radius 3 is 2.24 bits per heavy atom. The van der Waals surface area contributed by atoms with Crippen LogP contribution in [0.25, 0.3) is 11.0 Å². The third kappa shape index (κ3) is 3.18. The van der Waals surface area contributed by atoms with Gasteiger partial charge in [0.1, 0.15) is 0 Å². The van der Waals surface area contributed by atoms with Crippen LogP contribution in [0.2, 0.25) is 0 Å². The smallest absolute Gasteiger partial charge is 0.320 e. The molecule has 0 atom stereocenters. The predicted molar refractivity (Wildman–Crippen MR) is 112 cm³/mol. The zero-order valence-corrected chi connectivity index (χ0v) is 17.3. The lowest BCUT2D eigenvalue weighted by Crippen LogP contribution is -2.19. The van der Waals surface area contributed by atoms with Gasteiger partial charge in [0.15, 0.2) is 0 Å². The van der Waals surface area contributed by atoms with E-state index in [4.69, 9.17) is 0 Å². The Hall–Kier alpha value is -3.17. The average molecular weight is 428 g/mol. The lowest BCUT2D eigenvalue weighted by Gasteiger charge is -2.13. The lowest BCUT2D eigenvalue weighted by atomic mass is 10.2. The molecule has 2 aromatic carbocycles. The molecule has 0 aliphatic heterocycles. The summed E-state index contributed by atoms with van der Waals surface area (Å²) < 4.78 is 29.4. The van der Waals surface area contributed by atoms with Gasteiger partial charge in [0.25, 0.3) is 5.91 Å². The van der Waals surface area contributed by atoms with Crippen LogP contribution in [-0.2, 0) is 23.9 Å². The van der Waals surface area contributed by atoms with Crippen LogP contribution >= 0.6 is 11.3 Å². The molecule has 4 aromatic rings. The van der Waals surface area contributed by atoms with Crippen LogP contribution in [-0.4, -0.2) is 23.5 Å². The number of carbonyl (C=O) groups is 1. The Morgan fingerprint density at radius 1 is 0.966 bits per heavy atom. The van der Waals surface area contributed by atoms with Gasteiger partial charge in [0, 0.05) is 14.1 Å². The molecule has 29 heavy (non-hydrogen) atoms. The topological polar surface area (TPSA) is 90.2 Å². The SMILES string of the molecule is Cn1c(=O)n(C)c2cc(S(=O)(=O)c3ccccc3)c(NC(=O)c3cccs3)cc21. The third-order valence-electron chi connectivity index (χ3n) is 4.71. The van der Waals surface area contributed by atoms with Gasteiger partial charge in [0.05, 0.1) is 31.4 Å². The van der Waals surface area contributed by atoms with Crippen molar-refractivity contribution in [2.45, 2.75) is 9.79 Å². The number of rotatable bonds is 4. The van der Waals surface area contributed by atoms with Crippen LogP contribution in [0.1, 0.15) is 9.67 Å². The summed E-state index contributed by atoms with van der Waals surface area (Å²) in [7, 11) is -0.757. The molecule has 0 aliphatic carbocycles. The van der Waals surface area contributed by atoms with E-state index in [-0.39, 0.29) is 21.2 Å². The van der Waals surface area contributed by atoms with Crippen LogP contribution < -0.4 is 11.0 Å². The van der Waals surface area contributed by atoms with Crippen molar-refractivity contribution in [3.8, 4) is 0 Å². The summed E-state index contributed by atoms with van der Waals surface area (Å²) in [6.07, 6.45) is 0. The first-order chi connectivity index (χ1) is 13.8. The molecule has 2 heterocycles. The zero-order chi connectivity index (χ0) is 20.8. The number of nitrogens with zero attached hydrogens (tertiary/aromatic N) is 2. The van der Waals surface area contributed by atoms with Crippen molar-refractivity contribution >= 4 is 43.8 Å². The molecule has 0 fully saturated rings. The molecule has 0 saturated carbocycles. The van der Waals surface area contributed by atoms with E-state index in [2.05, 4.69) is 5.32 Å². The highest BCUT2D eigenvalue weighted by Crippen LogP contribution is 2.32. The van der Waals surface area contributed by atoms with E-state index < -0.39 is 15.7 Å². The number of anilines is 1. The van der Waals surface area contributed by atoms with Gasteiger partial charge in [-0.1, -0.05) is 24.3 Å². The largest absolute Gasteiger partial charge is 0.328 e. The second-order valence-corrected chi connectivity index (χ2v) is 9.35. The fraction of sp³-hybridized carbons (Fsp3) is 0.100. The molecule has 4 rings (SSSR count). The lowest BCUT2D eigenvalue weighted by molar-refractivity contribution is 0.103. The number of thiophene rings is 1.